The molecule has 3 heteroatoms. The highest BCUT2D eigenvalue weighted by atomic mass is 16.3. The Kier molecular flexibility index (Phi) is 2.95. The van der Waals surface area contributed by atoms with Crippen LogP contribution in [0.1, 0.15) is 24.4 Å². The minimum absolute atomic E-state index is 0.243. The highest BCUT2D eigenvalue weighted by molar-refractivity contribution is 5.31. The lowest BCUT2D eigenvalue weighted by atomic mass is 10.1. The third-order valence-corrected chi connectivity index (χ3v) is 2.77. The third-order valence-electron chi connectivity index (χ3n) is 2.77. The zero-order valence-corrected chi connectivity index (χ0v) is 9.51. The lowest BCUT2D eigenvalue weighted by Gasteiger charge is -2.15. The van der Waals surface area contributed by atoms with Gasteiger partial charge in [0.05, 0.1) is 0 Å². The molecule has 0 unspecified atom stereocenters. The Morgan fingerprint density at radius 2 is 2.38 bits per heavy atom. The van der Waals surface area contributed by atoms with Gasteiger partial charge in [0, 0.05) is 24.5 Å². The number of nitrogens with zero attached hydrogens (tertiary/aromatic N) is 2. The molecule has 0 saturated carbocycles. The van der Waals surface area contributed by atoms with Crippen LogP contribution in [0.15, 0.2) is 30.6 Å². The minimum atomic E-state index is 0.243. The van der Waals surface area contributed by atoms with Crippen LogP contribution in [0.3, 0.4) is 0 Å². The van der Waals surface area contributed by atoms with Gasteiger partial charge in [-0.3, -0.25) is 0 Å². The molecular formula is C13H15N2O. The van der Waals surface area contributed by atoms with Crippen LogP contribution in [0.4, 0.5) is 0 Å². The molecule has 1 aromatic carbocycles. The van der Waals surface area contributed by atoms with Crippen LogP contribution in [-0.2, 0) is 6.42 Å². The molecule has 0 amide bonds. The van der Waals surface area contributed by atoms with Gasteiger partial charge in [-0.2, -0.15) is 0 Å². The van der Waals surface area contributed by atoms with Gasteiger partial charge in [-0.05, 0) is 25.8 Å². The Bertz CT molecular complexity index is 476. The van der Waals surface area contributed by atoms with Crippen LogP contribution >= 0.6 is 0 Å². The molecule has 3 nitrogen and oxygen atoms in total. The second kappa shape index (κ2) is 4.39. The Labute approximate surface area is 95.4 Å². The van der Waals surface area contributed by atoms with E-state index in [1.54, 1.807) is 12.3 Å². The highest BCUT2D eigenvalue weighted by Gasteiger charge is 2.10. The number of imidazole rings is 1. The number of benzene rings is 1. The Morgan fingerprint density at radius 1 is 1.56 bits per heavy atom. The van der Waals surface area contributed by atoms with Gasteiger partial charge < -0.3 is 9.67 Å². The molecule has 0 saturated heterocycles. The van der Waals surface area contributed by atoms with Gasteiger partial charge >= 0.3 is 0 Å². The van der Waals surface area contributed by atoms with E-state index in [9.17, 15) is 5.11 Å². The van der Waals surface area contributed by atoms with Crippen molar-refractivity contribution in [1.29, 1.82) is 0 Å². The third kappa shape index (κ3) is 2.08. The van der Waals surface area contributed by atoms with E-state index >= 15 is 0 Å². The normalized spacial score (nSPS) is 12.6. The van der Waals surface area contributed by atoms with Crippen molar-refractivity contribution in [1.82, 2.24) is 9.55 Å². The monoisotopic (exact) mass is 215 g/mol. The summed E-state index contributed by atoms with van der Waals surface area (Å²) >= 11 is 0. The van der Waals surface area contributed by atoms with E-state index in [1.165, 1.54) is 0 Å². The number of phenolic OH excluding ortho intramolecular Hbond substituents is 1. The fourth-order valence-corrected chi connectivity index (χ4v) is 1.90. The molecule has 1 heterocycles. The first-order valence-electron chi connectivity index (χ1n) is 5.36. The van der Waals surface area contributed by atoms with E-state index in [4.69, 9.17) is 0 Å². The van der Waals surface area contributed by atoms with Gasteiger partial charge in [-0.25, -0.2) is 4.98 Å². The number of aromatic nitrogens is 2. The van der Waals surface area contributed by atoms with Crippen molar-refractivity contribution in [2.24, 2.45) is 0 Å². The molecule has 2 rings (SSSR count). The van der Waals surface area contributed by atoms with Crippen LogP contribution in [0, 0.1) is 13.0 Å². The number of hydrogen-bond acceptors (Lipinski definition) is 2. The zero-order chi connectivity index (χ0) is 11.5. The molecule has 0 aliphatic heterocycles. The maximum absolute atomic E-state index is 9.65. The van der Waals surface area contributed by atoms with Gasteiger partial charge in [0.25, 0.3) is 0 Å². The maximum atomic E-state index is 9.65. The number of para-hydroxylation sites is 1. The van der Waals surface area contributed by atoms with Crippen molar-refractivity contribution in [3.8, 4) is 5.75 Å². The minimum Gasteiger partial charge on any atom is -0.507 e. The quantitative estimate of drug-likeness (QED) is 0.854. The summed E-state index contributed by atoms with van der Waals surface area (Å²) in [6, 6.07) is 8.61. The Hall–Kier alpha value is -1.77. The Balaban J connectivity index is 2.17. The van der Waals surface area contributed by atoms with Gasteiger partial charge in [0.2, 0.25) is 0 Å². The molecule has 0 aliphatic carbocycles. The molecule has 0 aliphatic rings. The second-order valence-corrected chi connectivity index (χ2v) is 3.98. The lowest BCUT2D eigenvalue weighted by Crippen LogP contribution is -2.09. The fraction of sp³-hybridized carbons (Fsp3) is 0.308. The topological polar surface area (TPSA) is 38.0 Å². The van der Waals surface area contributed by atoms with Crippen molar-refractivity contribution in [3.05, 3.63) is 48.0 Å². The van der Waals surface area contributed by atoms with E-state index in [1.807, 2.05) is 25.3 Å². The van der Waals surface area contributed by atoms with E-state index in [0.29, 0.717) is 0 Å². The van der Waals surface area contributed by atoms with Gasteiger partial charge in [-0.15, -0.1) is 0 Å². The van der Waals surface area contributed by atoms with Crippen molar-refractivity contribution in [2.45, 2.75) is 26.3 Å². The first-order chi connectivity index (χ1) is 7.68. The SMILES string of the molecule is Cc1nccn1[C@H](C)Cc1ccc[c]c1O. The van der Waals surface area contributed by atoms with Gasteiger partial charge in [0.15, 0.2) is 0 Å². The summed E-state index contributed by atoms with van der Waals surface area (Å²) in [6.07, 6.45) is 4.53. The summed E-state index contributed by atoms with van der Waals surface area (Å²) in [4.78, 5) is 4.19. The predicted molar refractivity (Wildman–Crippen MR) is 62.3 cm³/mol. The maximum Gasteiger partial charge on any atom is 0.126 e. The van der Waals surface area contributed by atoms with Crippen LogP contribution in [0.2, 0.25) is 0 Å². The van der Waals surface area contributed by atoms with Gasteiger partial charge in [0.1, 0.15) is 11.6 Å². The molecule has 16 heavy (non-hydrogen) atoms. The fourth-order valence-electron chi connectivity index (χ4n) is 1.90. The first kappa shape index (κ1) is 10.7. The molecule has 83 valence electrons. The summed E-state index contributed by atoms with van der Waals surface area (Å²) in [7, 11) is 0. The number of aryl methyl sites for hydroxylation is 1. The summed E-state index contributed by atoms with van der Waals surface area (Å²) in [5.74, 6) is 1.24. The number of aromatic hydroxyl groups is 1. The largest absolute Gasteiger partial charge is 0.507 e. The van der Waals surface area contributed by atoms with Crippen LogP contribution in [0.25, 0.3) is 0 Å². The average Bonchev–Trinajstić information content (AvgIpc) is 2.68. The Morgan fingerprint density at radius 3 is 3.00 bits per heavy atom. The van der Waals surface area contributed by atoms with Crippen LogP contribution < -0.4 is 0 Å². The van der Waals surface area contributed by atoms with Crippen molar-refractivity contribution in [3.63, 3.8) is 0 Å². The molecule has 2 aromatic rings. The summed E-state index contributed by atoms with van der Waals surface area (Å²) in [6.45, 7) is 4.09. The smallest absolute Gasteiger partial charge is 0.126 e. The molecule has 1 radical (unpaired) electrons. The van der Waals surface area contributed by atoms with Gasteiger partial charge in [-0.1, -0.05) is 18.2 Å². The van der Waals surface area contributed by atoms with Crippen LogP contribution in [-0.4, -0.2) is 14.7 Å². The number of phenols is 1. The number of hydrogen-bond donors (Lipinski definition) is 1. The van der Waals surface area contributed by atoms with Crippen LogP contribution in [0.5, 0.6) is 5.75 Å². The molecule has 1 atom stereocenters. The highest BCUT2D eigenvalue weighted by Crippen LogP contribution is 2.21. The van der Waals surface area contributed by atoms with Crippen molar-refractivity contribution < 1.29 is 5.11 Å². The van der Waals surface area contributed by atoms with Crippen molar-refractivity contribution >= 4 is 0 Å². The lowest BCUT2D eigenvalue weighted by molar-refractivity contribution is 0.454. The summed E-state index contributed by atoms with van der Waals surface area (Å²) < 4.78 is 2.10. The standard InChI is InChI=1S/C13H15N2O/c1-10(15-8-7-14-11(15)2)9-12-5-3-4-6-13(12)16/h3-5,7-8,10,16H,9H2,1-2H3/t10-/m1/s1. The first-order valence-corrected chi connectivity index (χ1v) is 5.36. The molecule has 0 spiro atoms. The molecule has 0 bridgehead atoms. The molecular weight excluding hydrogens is 200 g/mol. The summed E-state index contributed by atoms with van der Waals surface area (Å²) in [5.41, 5.74) is 0.920. The summed E-state index contributed by atoms with van der Waals surface area (Å²) in [5, 5.41) is 9.65. The van der Waals surface area contributed by atoms with E-state index < -0.39 is 0 Å². The second-order valence-electron chi connectivity index (χ2n) is 3.98. The van der Waals surface area contributed by atoms with E-state index in [0.717, 1.165) is 17.8 Å². The molecule has 1 N–H and O–H groups in total. The van der Waals surface area contributed by atoms with Crippen molar-refractivity contribution in [2.75, 3.05) is 0 Å². The average molecular weight is 215 g/mol. The number of rotatable bonds is 3. The zero-order valence-electron chi connectivity index (χ0n) is 9.51. The van der Waals surface area contributed by atoms with E-state index in [2.05, 4.69) is 22.5 Å². The predicted octanol–water partition coefficient (Wildman–Crippen LogP) is 2.50. The molecule has 1 aromatic heterocycles. The van der Waals surface area contributed by atoms with E-state index in [-0.39, 0.29) is 11.8 Å². The molecule has 0 fully saturated rings.